The van der Waals surface area contributed by atoms with Crippen LogP contribution in [0.5, 0.6) is 0 Å². The topological polar surface area (TPSA) is 89.0 Å². The first kappa shape index (κ1) is 21.0. The minimum Gasteiger partial charge on any atom is -0.466 e. The Balaban J connectivity index is 0.000000730. The Hall–Kier alpha value is -2.01. The van der Waals surface area contributed by atoms with Crippen LogP contribution in [0.1, 0.15) is 67.2 Å². The van der Waals surface area contributed by atoms with Gasteiger partial charge in [-0.1, -0.05) is 27.7 Å². The first-order chi connectivity index (χ1) is 11.9. The number of aryl methyl sites for hydroxylation is 2. The summed E-state index contributed by atoms with van der Waals surface area (Å²) < 4.78 is 5.55. The Morgan fingerprint density at radius 2 is 1.68 bits per heavy atom. The average Bonchev–Trinajstić information content (AvgIpc) is 3.09. The maximum Gasteiger partial charge on any atom is 0.110 e. The number of fused-ring (bicyclic) bond motifs is 1. The predicted molar refractivity (Wildman–Crippen MR) is 111 cm³/mol. The van der Waals surface area contributed by atoms with E-state index in [9.17, 15) is 0 Å². The SMILES string of the molecule is CC.CC.Cc1cc(C(=N)C2=C(N)CCc3c2sc(N)c3C)c(C)o1. The third-order valence-electron chi connectivity index (χ3n) is 4.06. The molecular formula is C20H31N3OS. The van der Waals surface area contributed by atoms with Crippen molar-refractivity contribution in [2.75, 3.05) is 5.73 Å². The molecule has 2 aromatic heterocycles. The summed E-state index contributed by atoms with van der Waals surface area (Å²) in [4.78, 5) is 1.05. The number of furan rings is 1. The van der Waals surface area contributed by atoms with E-state index in [1.165, 1.54) is 16.9 Å². The molecule has 0 radical (unpaired) electrons. The van der Waals surface area contributed by atoms with Crippen molar-refractivity contribution >= 4 is 27.6 Å². The Labute approximate surface area is 155 Å². The van der Waals surface area contributed by atoms with Crippen LogP contribution in [0.25, 0.3) is 5.57 Å². The smallest absolute Gasteiger partial charge is 0.110 e. The van der Waals surface area contributed by atoms with Gasteiger partial charge in [-0.2, -0.15) is 0 Å². The van der Waals surface area contributed by atoms with Crippen LogP contribution in [0.2, 0.25) is 0 Å². The van der Waals surface area contributed by atoms with Crippen molar-refractivity contribution in [3.8, 4) is 0 Å². The number of hydrogen-bond donors (Lipinski definition) is 3. The summed E-state index contributed by atoms with van der Waals surface area (Å²) in [6, 6.07) is 1.90. The fraction of sp³-hybridized carbons (Fsp3) is 0.450. The van der Waals surface area contributed by atoms with Gasteiger partial charge in [0.2, 0.25) is 0 Å². The van der Waals surface area contributed by atoms with Gasteiger partial charge in [-0.3, -0.25) is 5.41 Å². The molecule has 0 amide bonds. The molecule has 138 valence electrons. The molecule has 25 heavy (non-hydrogen) atoms. The fourth-order valence-corrected chi connectivity index (χ4v) is 4.10. The van der Waals surface area contributed by atoms with Crippen molar-refractivity contribution in [1.82, 2.24) is 0 Å². The van der Waals surface area contributed by atoms with Crippen LogP contribution in [-0.4, -0.2) is 5.71 Å². The van der Waals surface area contributed by atoms with Crippen molar-refractivity contribution in [2.45, 2.75) is 61.3 Å². The fourth-order valence-electron chi connectivity index (χ4n) is 2.89. The second-order valence-electron chi connectivity index (χ2n) is 5.50. The van der Waals surface area contributed by atoms with Crippen LogP contribution < -0.4 is 11.5 Å². The number of nitrogen functional groups attached to an aromatic ring is 1. The number of hydrogen-bond acceptors (Lipinski definition) is 5. The van der Waals surface area contributed by atoms with Crippen molar-refractivity contribution in [3.63, 3.8) is 0 Å². The minimum absolute atomic E-state index is 0.434. The molecule has 5 N–H and O–H groups in total. The van der Waals surface area contributed by atoms with Crippen LogP contribution in [-0.2, 0) is 6.42 Å². The van der Waals surface area contributed by atoms with Crippen molar-refractivity contribution in [2.24, 2.45) is 5.73 Å². The number of nitrogens with two attached hydrogens (primary N) is 2. The lowest BCUT2D eigenvalue weighted by Crippen LogP contribution is -2.16. The van der Waals surface area contributed by atoms with Gasteiger partial charge in [-0.15, -0.1) is 11.3 Å². The summed E-state index contributed by atoms with van der Waals surface area (Å²) in [6.45, 7) is 13.8. The molecule has 2 heterocycles. The van der Waals surface area contributed by atoms with Gasteiger partial charge in [-0.05, 0) is 50.8 Å². The Morgan fingerprint density at radius 1 is 1.08 bits per heavy atom. The molecule has 0 aliphatic heterocycles. The molecular weight excluding hydrogens is 330 g/mol. The van der Waals surface area contributed by atoms with E-state index in [2.05, 4.69) is 0 Å². The summed E-state index contributed by atoms with van der Waals surface area (Å²) in [6.07, 6.45) is 1.68. The summed E-state index contributed by atoms with van der Waals surface area (Å²) >= 11 is 1.53. The molecule has 0 saturated heterocycles. The van der Waals surface area contributed by atoms with Crippen molar-refractivity contribution in [3.05, 3.63) is 44.9 Å². The van der Waals surface area contributed by atoms with Gasteiger partial charge < -0.3 is 15.9 Å². The van der Waals surface area contributed by atoms with E-state index in [1.807, 2.05) is 54.5 Å². The highest BCUT2D eigenvalue weighted by atomic mass is 32.1. The van der Waals surface area contributed by atoms with Crippen molar-refractivity contribution in [1.29, 1.82) is 5.41 Å². The quantitative estimate of drug-likeness (QED) is 0.609. The molecule has 2 aromatic rings. The van der Waals surface area contributed by atoms with Gasteiger partial charge >= 0.3 is 0 Å². The maximum absolute atomic E-state index is 8.59. The number of anilines is 1. The zero-order valence-corrected chi connectivity index (χ0v) is 17.3. The molecule has 0 saturated carbocycles. The van der Waals surface area contributed by atoms with Gasteiger partial charge in [0.1, 0.15) is 11.5 Å². The molecule has 0 fully saturated rings. The molecule has 0 spiro atoms. The summed E-state index contributed by atoms with van der Waals surface area (Å²) in [7, 11) is 0. The van der Waals surface area contributed by atoms with Gasteiger partial charge in [-0.25, -0.2) is 0 Å². The lowest BCUT2D eigenvalue weighted by atomic mass is 9.89. The normalized spacial score (nSPS) is 12.6. The van der Waals surface area contributed by atoms with Crippen LogP contribution in [0.4, 0.5) is 5.00 Å². The Morgan fingerprint density at radius 3 is 2.20 bits per heavy atom. The van der Waals surface area contributed by atoms with Crippen LogP contribution in [0.15, 0.2) is 16.2 Å². The highest BCUT2D eigenvalue weighted by molar-refractivity contribution is 7.17. The van der Waals surface area contributed by atoms with Gasteiger partial charge in [0, 0.05) is 21.7 Å². The van der Waals surface area contributed by atoms with E-state index in [0.717, 1.165) is 56.6 Å². The molecule has 5 heteroatoms. The first-order valence-corrected chi connectivity index (χ1v) is 9.74. The monoisotopic (exact) mass is 361 g/mol. The van der Waals surface area contributed by atoms with E-state index in [4.69, 9.17) is 21.3 Å². The Kier molecular flexibility index (Phi) is 7.49. The third-order valence-corrected chi connectivity index (χ3v) is 5.24. The van der Waals surface area contributed by atoms with Crippen LogP contribution >= 0.6 is 11.3 Å². The summed E-state index contributed by atoms with van der Waals surface area (Å²) in [5, 5.41) is 9.41. The Bertz CT molecular complexity index is 781. The lowest BCUT2D eigenvalue weighted by Gasteiger charge is -2.19. The van der Waals surface area contributed by atoms with E-state index in [0.29, 0.717) is 5.71 Å². The molecule has 3 rings (SSSR count). The number of allylic oxidation sites excluding steroid dienone is 2. The molecule has 0 aromatic carbocycles. The number of nitrogens with one attached hydrogen (secondary N) is 1. The second kappa shape index (κ2) is 8.90. The first-order valence-electron chi connectivity index (χ1n) is 8.93. The van der Waals surface area contributed by atoms with Crippen LogP contribution in [0.3, 0.4) is 0 Å². The third kappa shape index (κ3) is 3.98. The average molecular weight is 362 g/mol. The van der Waals surface area contributed by atoms with Crippen LogP contribution in [0, 0.1) is 26.2 Å². The zero-order chi connectivity index (χ0) is 19.3. The molecule has 0 atom stereocenters. The summed E-state index contributed by atoms with van der Waals surface area (Å²) in [5.41, 5.74) is 17.5. The maximum atomic E-state index is 8.59. The number of rotatable bonds is 2. The van der Waals surface area contributed by atoms with Gasteiger partial charge in [0.25, 0.3) is 0 Å². The molecule has 1 aliphatic rings. The molecule has 1 aliphatic carbocycles. The lowest BCUT2D eigenvalue weighted by molar-refractivity contribution is 0.504. The largest absolute Gasteiger partial charge is 0.466 e. The van der Waals surface area contributed by atoms with Gasteiger partial charge in [0.05, 0.1) is 10.7 Å². The highest BCUT2D eigenvalue weighted by Gasteiger charge is 2.27. The summed E-state index contributed by atoms with van der Waals surface area (Å²) in [5.74, 6) is 1.57. The molecule has 4 nitrogen and oxygen atoms in total. The van der Waals surface area contributed by atoms with E-state index >= 15 is 0 Å². The molecule has 0 unspecified atom stereocenters. The highest BCUT2D eigenvalue weighted by Crippen LogP contribution is 2.42. The van der Waals surface area contributed by atoms with Gasteiger partial charge in [0.15, 0.2) is 0 Å². The van der Waals surface area contributed by atoms with E-state index in [1.54, 1.807) is 0 Å². The van der Waals surface area contributed by atoms with E-state index < -0.39 is 0 Å². The predicted octanol–water partition coefficient (Wildman–Crippen LogP) is 5.59. The minimum atomic E-state index is 0.434. The van der Waals surface area contributed by atoms with Crippen molar-refractivity contribution < 1.29 is 4.42 Å². The molecule has 0 bridgehead atoms. The standard InChI is InChI=1S/C16H19N3OS.2C2H6/c1-7-6-11(9(3)20-7)14(18)13-12(17)5-4-10-8(2)16(19)21-15(10)13;2*1-2/h6,18H,4-5,17,19H2,1-3H3;2*1-2H3. The number of thiophene rings is 1. The second-order valence-corrected chi connectivity index (χ2v) is 6.55. The van der Waals surface area contributed by atoms with E-state index in [-0.39, 0.29) is 0 Å². The zero-order valence-electron chi connectivity index (χ0n) is 16.5.